The van der Waals surface area contributed by atoms with Gasteiger partial charge in [0.1, 0.15) is 11.4 Å². The molecule has 152 valence electrons. The molecule has 1 aromatic carbocycles. The van der Waals surface area contributed by atoms with Crippen molar-refractivity contribution in [3.8, 4) is 0 Å². The molecule has 1 aliphatic heterocycles. The lowest BCUT2D eigenvalue weighted by molar-refractivity contribution is 0.0963. The highest BCUT2D eigenvalue weighted by molar-refractivity contribution is 6.31. The van der Waals surface area contributed by atoms with Gasteiger partial charge in [-0.15, -0.1) is 0 Å². The fourth-order valence-electron chi connectivity index (χ4n) is 4.03. The lowest BCUT2D eigenvalue weighted by atomic mass is 9.92. The third-order valence-electron chi connectivity index (χ3n) is 5.54. The Balaban J connectivity index is 1.72. The van der Waals surface area contributed by atoms with E-state index in [0.29, 0.717) is 17.4 Å². The van der Waals surface area contributed by atoms with E-state index in [1.54, 1.807) is 7.05 Å². The van der Waals surface area contributed by atoms with E-state index in [9.17, 15) is 4.79 Å². The maximum Gasteiger partial charge on any atom is 0.256 e. The van der Waals surface area contributed by atoms with E-state index in [2.05, 4.69) is 51.5 Å². The van der Waals surface area contributed by atoms with Crippen LogP contribution >= 0.6 is 11.6 Å². The van der Waals surface area contributed by atoms with E-state index in [1.165, 1.54) is 6.20 Å². The SMILES string of the molecule is CNC(=O)c1cnc(N)nc1NC(C)C1=Cc2cccc(Cl)c2C(C)N1C1CC1. The van der Waals surface area contributed by atoms with Crippen LogP contribution in [0.1, 0.15) is 54.2 Å². The average Bonchev–Trinajstić information content (AvgIpc) is 3.52. The van der Waals surface area contributed by atoms with Crippen LogP contribution in [0.4, 0.5) is 11.8 Å². The van der Waals surface area contributed by atoms with Crippen molar-refractivity contribution in [2.45, 2.75) is 44.8 Å². The fourth-order valence-corrected chi connectivity index (χ4v) is 4.37. The van der Waals surface area contributed by atoms with Crippen LogP contribution < -0.4 is 16.4 Å². The number of rotatable bonds is 5. The topological polar surface area (TPSA) is 96.2 Å². The van der Waals surface area contributed by atoms with Crippen molar-refractivity contribution in [2.24, 2.45) is 0 Å². The number of nitrogens with one attached hydrogen (secondary N) is 2. The quantitative estimate of drug-likeness (QED) is 0.696. The maximum atomic E-state index is 12.2. The van der Waals surface area contributed by atoms with Gasteiger partial charge in [0.15, 0.2) is 0 Å². The summed E-state index contributed by atoms with van der Waals surface area (Å²) < 4.78 is 0. The van der Waals surface area contributed by atoms with Crippen molar-refractivity contribution >= 4 is 35.4 Å². The first-order valence-corrected chi connectivity index (χ1v) is 10.2. The number of benzene rings is 1. The van der Waals surface area contributed by atoms with E-state index in [0.717, 1.165) is 34.7 Å². The minimum absolute atomic E-state index is 0.0945. The molecule has 1 aliphatic carbocycles. The highest BCUT2D eigenvalue weighted by Gasteiger charge is 2.39. The molecule has 7 nitrogen and oxygen atoms in total. The summed E-state index contributed by atoms with van der Waals surface area (Å²) in [5.74, 6) is 0.280. The summed E-state index contributed by atoms with van der Waals surface area (Å²) in [6, 6.07) is 6.59. The molecule has 1 amide bonds. The normalized spacial score (nSPS) is 19.2. The standard InChI is InChI=1S/C21H25ClN6O/c1-11(26-19-15(20(29)24-3)10-25-21(23)27-19)17-9-13-5-4-6-16(22)18(13)12(2)28(17)14-7-8-14/h4-6,9-12,14H,7-8H2,1-3H3,(H,24,29)(H3,23,25,26,27). The Bertz CT molecular complexity index is 987. The molecule has 1 saturated carbocycles. The van der Waals surface area contributed by atoms with Crippen LogP contribution in [-0.4, -0.2) is 39.9 Å². The first-order valence-electron chi connectivity index (χ1n) is 9.80. The Labute approximate surface area is 175 Å². The number of nitrogens with zero attached hydrogens (tertiary/aromatic N) is 3. The number of hydrogen-bond donors (Lipinski definition) is 3. The Kier molecular flexibility index (Phi) is 5.08. The molecule has 2 unspecified atom stereocenters. The van der Waals surface area contributed by atoms with Crippen LogP contribution in [0, 0.1) is 0 Å². The van der Waals surface area contributed by atoms with Crippen LogP contribution in [0.2, 0.25) is 5.02 Å². The van der Waals surface area contributed by atoms with Gasteiger partial charge in [0.25, 0.3) is 5.91 Å². The maximum absolute atomic E-state index is 12.2. The first kappa shape index (κ1) is 19.5. The molecule has 2 heterocycles. The summed E-state index contributed by atoms with van der Waals surface area (Å²) in [7, 11) is 1.58. The van der Waals surface area contributed by atoms with Gasteiger partial charge in [0, 0.05) is 35.6 Å². The van der Waals surface area contributed by atoms with Gasteiger partial charge in [0.2, 0.25) is 5.95 Å². The number of amides is 1. The lowest BCUT2D eigenvalue weighted by Gasteiger charge is -2.41. The number of anilines is 2. The lowest BCUT2D eigenvalue weighted by Crippen LogP contribution is -2.39. The Hall–Kier alpha value is -2.80. The minimum atomic E-state index is -0.262. The molecule has 1 fully saturated rings. The molecular weight excluding hydrogens is 388 g/mol. The zero-order valence-corrected chi connectivity index (χ0v) is 17.5. The van der Waals surface area contributed by atoms with Crippen molar-refractivity contribution in [1.29, 1.82) is 0 Å². The number of nitrogen functional groups attached to an aromatic ring is 1. The Morgan fingerprint density at radius 3 is 2.83 bits per heavy atom. The van der Waals surface area contributed by atoms with Crippen LogP contribution in [0.25, 0.3) is 6.08 Å². The summed E-state index contributed by atoms with van der Waals surface area (Å²) in [5.41, 5.74) is 9.57. The predicted molar refractivity (Wildman–Crippen MR) is 116 cm³/mol. The number of carbonyl (C=O) groups excluding carboxylic acids is 1. The minimum Gasteiger partial charge on any atom is -0.368 e. The third-order valence-corrected chi connectivity index (χ3v) is 5.87. The van der Waals surface area contributed by atoms with Gasteiger partial charge in [-0.25, -0.2) is 4.98 Å². The summed E-state index contributed by atoms with van der Waals surface area (Å²) in [4.78, 5) is 22.9. The largest absolute Gasteiger partial charge is 0.368 e. The summed E-state index contributed by atoms with van der Waals surface area (Å²) in [6.45, 7) is 4.26. The summed E-state index contributed by atoms with van der Waals surface area (Å²) in [6.07, 6.45) is 5.96. The molecule has 4 rings (SSSR count). The van der Waals surface area contributed by atoms with E-state index >= 15 is 0 Å². The van der Waals surface area contributed by atoms with Gasteiger partial charge in [0.05, 0.1) is 12.1 Å². The summed E-state index contributed by atoms with van der Waals surface area (Å²) >= 11 is 6.53. The van der Waals surface area contributed by atoms with Crippen molar-refractivity contribution in [3.05, 3.63) is 51.8 Å². The van der Waals surface area contributed by atoms with Gasteiger partial charge < -0.3 is 21.3 Å². The molecule has 4 N–H and O–H groups in total. The molecule has 2 aliphatic rings. The molecule has 29 heavy (non-hydrogen) atoms. The van der Waals surface area contributed by atoms with Crippen LogP contribution in [0.5, 0.6) is 0 Å². The second-order valence-corrected chi connectivity index (χ2v) is 7.97. The first-order chi connectivity index (χ1) is 13.9. The molecular formula is C21H25ClN6O. The number of carbonyl (C=O) groups is 1. The molecule has 2 aromatic rings. The third kappa shape index (κ3) is 3.62. The number of aromatic nitrogens is 2. The van der Waals surface area contributed by atoms with Crippen molar-refractivity contribution in [3.63, 3.8) is 0 Å². The van der Waals surface area contributed by atoms with Gasteiger partial charge in [-0.2, -0.15) is 4.98 Å². The van der Waals surface area contributed by atoms with E-state index < -0.39 is 0 Å². The van der Waals surface area contributed by atoms with Gasteiger partial charge >= 0.3 is 0 Å². The number of hydrogen-bond acceptors (Lipinski definition) is 6. The fraction of sp³-hybridized carbons (Fsp3) is 0.381. The number of nitrogens with two attached hydrogens (primary N) is 1. The summed E-state index contributed by atoms with van der Waals surface area (Å²) in [5, 5.41) is 6.79. The van der Waals surface area contributed by atoms with Crippen LogP contribution in [0.15, 0.2) is 30.1 Å². The van der Waals surface area contributed by atoms with E-state index in [1.807, 2.05) is 12.1 Å². The van der Waals surface area contributed by atoms with E-state index in [4.69, 9.17) is 17.3 Å². The Morgan fingerprint density at radius 2 is 2.14 bits per heavy atom. The second kappa shape index (κ2) is 7.55. The smallest absolute Gasteiger partial charge is 0.256 e. The van der Waals surface area contributed by atoms with Gasteiger partial charge in [-0.1, -0.05) is 23.7 Å². The van der Waals surface area contributed by atoms with Gasteiger partial charge in [-0.3, -0.25) is 4.79 Å². The molecule has 0 bridgehead atoms. The highest BCUT2D eigenvalue weighted by atomic mass is 35.5. The molecule has 0 spiro atoms. The monoisotopic (exact) mass is 412 g/mol. The average molecular weight is 413 g/mol. The highest BCUT2D eigenvalue weighted by Crippen LogP contribution is 2.45. The molecule has 8 heteroatoms. The zero-order chi connectivity index (χ0) is 20.7. The van der Waals surface area contributed by atoms with Gasteiger partial charge in [-0.05, 0) is 44.4 Å². The Morgan fingerprint density at radius 1 is 1.38 bits per heavy atom. The number of fused-ring (bicyclic) bond motifs is 1. The van der Waals surface area contributed by atoms with Crippen molar-refractivity contribution < 1.29 is 4.79 Å². The molecule has 2 atom stereocenters. The predicted octanol–water partition coefficient (Wildman–Crippen LogP) is 3.45. The molecule has 0 saturated heterocycles. The molecule has 0 radical (unpaired) electrons. The zero-order valence-electron chi connectivity index (χ0n) is 16.7. The molecule has 1 aromatic heterocycles. The van der Waals surface area contributed by atoms with E-state index in [-0.39, 0.29) is 23.9 Å². The van der Waals surface area contributed by atoms with Crippen LogP contribution in [0.3, 0.4) is 0 Å². The van der Waals surface area contributed by atoms with Crippen LogP contribution in [-0.2, 0) is 0 Å². The number of halogens is 1. The van der Waals surface area contributed by atoms with Crippen molar-refractivity contribution in [1.82, 2.24) is 20.2 Å². The second-order valence-electron chi connectivity index (χ2n) is 7.56. The van der Waals surface area contributed by atoms with Crippen molar-refractivity contribution in [2.75, 3.05) is 18.1 Å².